The molecule has 1 amide bonds. The van der Waals surface area contributed by atoms with Crippen LogP contribution in [0.4, 0.5) is 5.69 Å². The van der Waals surface area contributed by atoms with Gasteiger partial charge in [-0.15, -0.1) is 0 Å². The number of nitriles is 1. The predicted octanol–water partition coefficient (Wildman–Crippen LogP) is 2.51. The number of rotatable bonds is 4. The molecule has 4 heteroatoms. The first-order valence-corrected chi connectivity index (χ1v) is 6.23. The lowest BCUT2D eigenvalue weighted by atomic mass is 10.0. The number of aryl methyl sites for hydroxylation is 1. The maximum atomic E-state index is 11.7. The van der Waals surface area contributed by atoms with Crippen molar-refractivity contribution >= 4 is 11.6 Å². The summed E-state index contributed by atoms with van der Waals surface area (Å²) >= 11 is 0. The Hall–Kier alpha value is -2.80. The van der Waals surface area contributed by atoms with Gasteiger partial charge < -0.3 is 11.1 Å². The van der Waals surface area contributed by atoms with Crippen molar-refractivity contribution in [1.82, 2.24) is 0 Å². The summed E-state index contributed by atoms with van der Waals surface area (Å²) < 4.78 is 0. The van der Waals surface area contributed by atoms with Crippen LogP contribution >= 0.6 is 0 Å². The topological polar surface area (TPSA) is 78.9 Å². The fourth-order valence-corrected chi connectivity index (χ4v) is 1.96. The molecule has 2 rings (SSSR count). The summed E-state index contributed by atoms with van der Waals surface area (Å²) in [7, 11) is 0. The van der Waals surface area contributed by atoms with Crippen LogP contribution < -0.4 is 11.1 Å². The number of para-hydroxylation sites is 1. The first-order valence-electron chi connectivity index (χ1n) is 6.23. The smallest absolute Gasteiger partial charge is 0.244 e. The quantitative estimate of drug-likeness (QED) is 0.891. The van der Waals surface area contributed by atoms with E-state index in [1.165, 1.54) is 0 Å². The van der Waals surface area contributed by atoms with Crippen molar-refractivity contribution in [2.24, 2.45) is 5.73 Å². The molecule has 0 fully saturated rings. The molecule has 0 radical (unpaired) electrons. The van der Waals surface area contributed by atoms with E-state index in [9.17, 15) is 4.79 Å². The second-order valence-electron chi connectivity index (χ2n) is 4.53. The largest absolute Gasteiger partial charge is 0.370 e. The molecule has 2 aromatic rings. The van der Waals surface area contributed by atoms with E-state index in [4.69, 9.17) is 11.0 Å². The predicted molar refractivity (Wildman–Crippen MR) is 77.9 cm³/mol. The number of carbonyl (C=O) groups excluding carboxylic acids is 1. The molecule has 1 atom stereocenters. The Morgan fingerprint density at radius 2 is 1.85 bits per heavy atom. The number of anilines is 1. The second kappa shape index (κ2) is 5.89. The molecule has 100 valence electrons. The van der Waals surface area contributed by atoms with Crippen molar-refractivity contribution < 1.29 is 4.79 Å². The van der Waals surface area contributed by atoms with Gasteiger partial charge in [0, 0.05) is 5.69 Å². The fourth-order valence-electron chi connectivity index (χ4n) is 1.96. The Kier molecular flexibility index (Phi) is 4.02. The van der Waals surface area contributed by atoms with E-state index in [2.05, 4.69) is 5.32 Å². The van der Waals surface area contributed by atoms with E-state index in [0.717, 1.165) is 16.8 Å². The van der Waals surface area contributed by atoms with Crippen molar-refractivity contribution in [3.05, 3.63) is 65.2 Å². The lowest BCUT2D eigenvalue weighted by Gasteiger charge is -2.18. The van der Waals surface area contributed by atoms with E-state index in [1.54, 1.807) is 24.3 Å². The first-order chi connectivity index (χ1) is 9.61. The summed E-state index contributed by atoms with van der Waals surface area (Å²) in [6, 6.07) is 15.9. The van der Waals surface area contributed by atoms with Crippen LogP contribution in [0.3, 0.4) is 0 Å². The normalized spacial score (nSPS) is 11.4. The third-order valence-corrected chi connectivity index (χ3v) is 3.10. The minimum Gasteiger partial charge on any atom is -0.370 e. The van der Waals surface area contributed by atoms with Crippen molar-refractivity contribution in [1.29, 1.82) is 5.26 Å². The van der Waals surface area contributed by atoms with Crippen LogP contribution in [0, 0.1) is 18.3 Å². The molecule has 3 N–H and O–H groups in total. The molecule has 0 heterocycles. The Morgan fingerprint density at radius 3 is 2.40 bits per heavy atom. The molecule has 4 nitrogen and oxygen atoms in total. The standard InChI is InChI=1S/C16H15N3O/c1-11-4-2-3-5-14(11)19-15(16(18)20)13-8-6-12(10-17)7-9-13/h2-9,15,19H,1H3,(H2,18,20). The van der Waals surface area contributed by atoms with Gasteiger partial charge in [0.15, 0.2) is 0 Å². The highest BCUT2D eigenvalue weighted by molar-refractivity contribution is 5.84. The van der Waals surface area contributed by atoms with Crippen LogP contribution in [0.25, 0.3) is 0 Å². The highest BCUT2D eigenvalue weighted by Crippen LogP contribution is 2.22. The van der Waals surface area contributed by atoms with Gasteiger partial charge in [0.2, 0.25) is 5.91 Å². The molecule has 0 aliphatic rings. The van der Waals surface area contributed by atoms with E-state index >= 15 is 0 Å². The van der Waals surface area contributed by atoms with Gasteiger partial charge >= 0.3 is 0 Å². The van der Waals surface area contributed by atoms with Crippen LogP contribution in [0.2, 0.25) is 0 Å². The van der Waals surface area contributed by atoms with Crippen molar-refractivity contribution in [2.45, 2.75) is 13.0 Å². The third kappa shape index (κ3) is 2.96. The Bertz CT molecular complexity index is 656. The maximum absolute atomic E-state index is 11.7. The van der Waals surface area contributed by atoms with E-state index in [0.29, 0.717) is 5.56 Å². The fraction of sp³-hybridized carbons (Fsp3) is 0.125. The highest BCUT2D eigenvalue weighted by atomic mass is 16.1. The summed E-state index contributed by atoms with van der Waals surface area (Å²) in [6.07, 6.45) is 0. The number of nitrogens with two attached hydrogens (primary N) is 1. The van der Waals surface area contributed by atoms with Gasteiger partial charge in [-0.3, -0.25) is 4.79 Å². The average molecular weight is 265 g/mol. The molecule has 0 saturated carbocycles. The molecule has 0 bridgehead atoms. The minimum absolute atomic E-state index is 0.460. The summed E-state index contributed by atoms with van der Waals surface area (Å²) in [5, 5.41) is 11.9. The Labute approximate surface area is 117 Å². The summed E-state index contributed by atoms with van der Waals surface area (Å²) in [5.74, 6) is -0.460. The first kappa shape index (κ1) is 13.6. The third-order valence-electron chi connectivity index (χ3n) is 3.10. The number of nitrogens with zero attached hydrogens (tertiary/aromatic N) is 1. The minimum atomic E-state index is -0.621. The van der Waals surface area contributed by atoms with E-state index in [1.807, 2.05) is 37.3 Å². The zero-order valence-electron chi connectivity index (χ0n) is 11.1. The van der Waals surface area contributed by atoms with E-state index < -0.39 is 11.9 Å². The number of hydrogen-bond acceptors (Lipinski definition) is 3. The monoisotopic (exact) mass is 265 g/mol. The molecule has 0 saturated heterocycles. The molecule has 0 spiro atoms. The number of nitrogens with one attached hydrogen (secondary N) is 1. The van der Waals surface area contributed by atoms with Crippen molar-refractivity contribution in [3.8, 4) is 6.07 Å². The SMILES string of the molecule is Cc1ccccc1NC(C(N)=O)c1ccc(C#N)cc1. The lowest BCUT2D eigenvalue weighted by molar-refractivity contribution is -0.118. The van der Waals surface area contributed by atoms with Gasteiger partial charge in [0.05, 0.1) is 11.6 Å². The average Bonchev–Trinajstić information content (AvgIpc) is 2.46. The molecule has 1 unspecified atom stereocenters. The van der Waals surface area contributed by atoms with Crippen LogP contribution in [0.5, 0.6) is 0 Å². The van der Waals surface area contributed by atoms with Gasteiger partial charge in [-0.05, 0) is 36.2 Å². The highest BCUT2D eigenvalue weighted by Gasteiger charge is 2.18. The van der Waals surface area contributed by atoms with Crippen LogP contribution in [-0.2, 0) is 4.79 Å². The van der Waals surface area contributed by atoms with E-state index in [-0.39, 0.29) is 0 Å². The van der Waals surface area contributed by atoms with Crippen LogP contribution in [-0.4, -0.2) is 5.91 Å². The lowest BCUT2D eigenvalue weighted by Crippen LogP contribution is -2.27. The van der Waals surface area contributed by atoms with Crippen molar-refractivity contribution in [3.63, 3.8) is 0 Å². The summed E-state index contributed by atoms with van der Waals surface area (Å²) in [5.41, 5.74) is 8.65. The van der Waals surface area contributed by atoms with Gasteiger partial charge in [-0.25, -0.2) is 0 Å². The zero-order chi connectivity index (χ0) is 14.5. The van der Waals surface area contributed by atoms with Gasteiger partial charge in [0.1, 0.15) is 6.04 Å². The number of amides is 1. The Balaban J connectivity index is 2.30. The van der Waals surface area contributed by atoms with Crippen LogP contribution in [0.1, 0.15) is 22.7 Å². The summed E-state index contributed by atoms with van der Waals surface area (Å²) in [4.78, 5) is 11.7. The van der Waals surface area contributed by atoms with Crippen molar-refractivity contribution in [2.75, 3.05) is 5.32 Å². The maximum Gasteiger partial charge on any atom is 0.244 e. The molecule has 0 aliphatic carbocycles. The molecule has 0 aromatic heterocycles. The number of hydrogen-bond donors (Lipinski definition) is 2. The second-order valence-corrected chi connectivity index (χ2v) is 4.53. The Morgan fingerprint density at radius 1 is 1.20 bits per heavy atom. The zero-order valence-corrected chi connectivity index (χ0v) is 11.1. The molecular weight excluding hydrogens is 250 g/mol. The number of benzene rings is 2. The van der Waals surface area contributed by atoms with Gasteiger partial charge in [0.25, 0.3) is 0 Å². The summed E-state index contributed by atoms with van der Waals surface area (Å²) in [6.45, 7) is 1.96. The van der Waals surface area contributed by atoms with Gasteiger partial charge in [-0.1, -0.05) is 30.3 Å². The van der Waals surface area contributed by atoms with Gasteiger partial charge in [-0.2, -0.15) is 5.26 Å². The number of carbonyl (C=O) groups is 1. The van der Waals surface area contributed by atoms with Crippen LogP contribution in [0.15, 0.2) is 48.5 Å². The number of primary amides is 1. The molecule has 2 aromatic carbocycles. The molecule has 0 aliphatic heterocycles. The molecule has 20 heavy (non-hydrogen) atoms. The molecular formula is C16H15N3O.